The average Bonchev–Trinajstić information content (AvgIpc) is 2.77. The Morgan fingerprint density at radius 2 is 1.73 bits per heavy atom. The topological polar surface area (TPSA) is 69.3 Å². The Balaban J connectivity index is 1.59. The second-order valence-corrected chi connectivity index (χ2v) is 7.32. The number of rotatable bonds is 8. The number of amides is 1. The molecule has 7 nitrogen and oxygen atoms in total. The summed E-state index contributed by atoms with van der Waals surface area (Å²) < 4.78 is 22.1. The number of anilines is 1. The van der Waals surface area contributed by atoms with Crippen LogP contribution in [0, 0.1) is 0 Å². The Morgan fingerprint density at radius 1 is 1.07 bits per heavy atom. The third kappa shape index (κ3) is 5.43. The number of benzene rings is 2. The van der Waals surface area contributed by atoms with E-state index in [1.54, 1.807) is 33.5 Å². The first kappa shape index (κ1) is 21.9. The first-order chi connectivity index (χ1) is 14.5. The van der Waals surface area contributed by atoms with E-state index >= 15 is 0 Å². The smallest absolute Gasteiger partial charge is 0.225 e. The van der Waals surface area contributed by atoms with Gasteiger partial charge in [-0.2, -0.15) is 0 Å². The third-order valence-corrected chi connectivity index (χ3v) is 5.11. The molecule has 7 heteroatoms. The predicted molar refractivity (Wildman–Crippen MR) is 116 cm³/mol. The van der Waals surface area contributed by atoms with Gasteiger partial charge in [-0.05, 0) is 12.5 Å². The van der Waals surface area contributed by atoms with Crippen LogP contribution in [-0.4, -0.2) is 57.9 Å². The van der Waals surface area contributed by atoms with Crippen LogP contribution in [0.5, 0.6) is 17.2 Å². The Bertz CT molecular complexity index is 818. The average molecular weight is 415 g/mol. The van der Waals surface area contributed by atoms with E-state index in [2.05, 4.69) is 29.3 Å². The molecule has 1 fully saturated rings. The minimum absolute atomic E-state index is 0.0214. The second kappa shape index (κ2) is 10.3. The van der Waals surface area contributed by atoms with E-state index in [-0.39, 0.29) is 18.1 Å². The summed E-state index contributed by atoms with van der Waals surface area (Å²) in [5.74, 6) is 1.42. The van der Waals surface area contributed by atoms with Gasteiger partial charge >= 0.3 is 0 Å². The monoisotopic (exact) mass is 414 g/mol. The second-order valence-electron chi connectivity index (χ2n) is 7.32. The Hall–Kier alpha value is -2.77. The summed E-state index contributed by atoms with van der Waals surface area (Å²) in [4.78, 5) is 14.8. The highest BCUT2D eigenvalue weighted by atomic mass is 16.5. The summed E-state index contributed by atoms with van der Waals surface area (Å²) in [7, 11) is 4.64. The molecule has 3 rings (SSSR count). The predicted octanol–water partition coefficient (Wildman–Crippen LogP) is 3.50. The van der Waals surface area contributed by atoms with Gasteiger partial charge in [0.2, 0.25) is 11.7 Å². The van der Waals surface area contributed by atoms with Crippen LogP contribution in [0.15, 0.2) is 42.5 Å². The molecule has 0 aromatic heterocycles. The van der Waals surface area contributed by atoms with E-state index in [9.17, 15) is 4.79 Å². The van der Waals surface area contributed by atoms with Crippen LogP contribution in [0.1, 0.15) is 25.0 Å². The number of hydrogen-bond donors (Lipinski definition) is 1. The maximum absolute atomic E-state index is 12.6. The van der Waals surface area contributed by atoms with Crippen molar-refractivity contribution in [2.24, 2.45) is 0 Å². The van der Waals surface area contributed by atoms with E-state index in [0.29, 0.717) is 35.9 Å². The van der Waals surface area contributed by atoms with Crippen molar-refractivity contribution in [3.8, 4) is 17.2 Å². The van der Waals surface area contributed by atoms with Gasteiger partial charge in [0.05, 0.1) is 33.5 Å². The molecule has 1 aliphatic rings. The molecule has 30 heavy (non-hydrogen) atoms. The van der Waals surface area contributed by atoms with Gasteiger partial charge in [-0.25, -0.2) is 0 Å². The molecular formula is C23H30N2O5. The van der Waals surface area contributed by atoms with Gasteiger partial charge in [0.15, 0.2) is 11.5 Å². The van der Waals surface area contributed by atoms with Crippen LogP contribution in [0.4, 0.5) is 5.69 Å². The number of carbonyl (C=O) groups excluding carboxylic acids is 1. The summed E-state index contributed by atoms with van der Waals surface area (Å²) in [6.45, 7) is 4.30. The summed E-state index contributed by atoms with van der Waals surface area (Å²) in [5.41, 5.74) is 1.77. The maximum Gasteiger partial charge on any atom is 0.225 e. The highest BCUT2D eigenvalue weighted by molar-refractivity contribution is 5.91. The molecule has 1 heterocycles. The van der Waals surface area contributed by atoms with Gasteiger partial charge in [-0.3, -0.25) is 9.69 Å². The molecule has 0 aliphatic carbocycles. The van der Waals surface area contributed by atoms with Crippen LogP contribution in [0.3, 0.4) is 0 Å². The van der Waals surface area contributed by atoms with E-state index in [4.69, 9.17) is 18.9 Å². The minimum Gasteiger partial charge on any atom is -0.493 e. The molecule has 1 amide bonds. The van der Waals surface area contributed by atoms with Crippen molar-refractivity contribution in [3.05, 3.63) is 48.0 Å². The van der Waals surface area contributed by atoms with Crippen molar-refractivity contribution >= 4 is 11.6 Å². The Morgan fingerprint density at radius 3 is 2.33 bits per heavy atom. The first-order valence-corrected chi connectivity index (χ1v) is 10.1. The van der Waals surface area contributed by atoms with Crippen molar-refractivity contribution < 1.29 is 23.7 Å². The molecule has 1 N–H and O–H groups in total. The lowest BCUT2D eigenvalue weighted by atomic mass is 10.1. The quantitative estimate of drug-likeness (QED) is 0.713. The van der Waals surface area contributed by atoms with Gasteiger partial charge in [-0.1, -0.05) is 30.3 Å². The molecule has 1 aliphatic heterocycles. The Kier molecular flexibility index (Phi) is 7.54. The van der Waals surface area contributed by atoms with E-state index in [0.717, 1.165) is 18.7 Å². The number of hydrogen-bond acceptors (Lipinski definition) is 6. The van der Waals surface area contributed by atoms with Crippen molar-refractivity contribution in [1.82, 2.24) is 4.90 Å². The fourth-order valence-corrected chi connectivity index (χ4v) is 3.71. The number of methoxy groups -OCH3 is 3. The lowest BCUT2D eigenvalue weighted by Crippen LogP contribution is -2.43. The number of morpholine rings is 1. The molecule has 2 unspecified atom stereocenters. The molecule has 0 bridgehead atoms. The third-order valence-electron chi connectivity index (χ3n) is 5.11. The zero-order chi connectivity index (χ0) is 21.5. The molecule has 0 saturated carbocycles. The van der Waals surface area contributed by atoms with Gasteiger partial charge in [-0.15, -0.1) is 0 Å². The van der Waals surface area contributed by atoms with Gasteiger partial charge in [0.1, 0.15) is 0 Å². The first-order valence-electron chi connectivity index (χ1n) is 10.1. The lowest BCUT2D eigenvalue weighted by molar-refractivity contribution is -0.118. The molecule has 1 saturated heterocycles. The SMILES string of the molecule is COc1cc(NC(=O)CCN2CC(C)OC(c3ccccc3)C2)cc(OC)c1OC. The van der Waals surface area contributed by atoms with Crippen molar-refractivity contribution in [2.75, 3.05) is 46.3 Å². The molecule has 2 aromatic rings. The maximum atomic E-state index is 12.6. The van der Waals surface area contributed by atoms with Crippen molar-refractivity contribution in [2.45, 2.75) is 25.6 Å². The molecule has 2 aromatic carbocycles. The number of ether oxygens (including phenoxy) is 4. The van der Waals surface area contributed by atoms with Crippen LogP contribution < -0.4 is 19.5 Å². The van der Waals surface area contributed by atoms with E-state index in [1.165, 1.54) is 0 Å². The molecule has 2 atom stereocenters. The lowest BCUT2D eigenvalue weighted by Gasteiger charge is -2.37. The zero-order valence-corrected chi connectivity index (χ0v) is 18.0. The summed E-state index contributed by atoms with van der Waals surface area (Å²) in [5, 5.41) is 2.92. The summed E-state index contributed by atoms with van der Waals surface area (Å²) in [6.07, 6.45) is 0.514. The summed E-state index contributed by atoms with van der Waals surface area (Å²) in [6, 6.07) is 13.7. The van der Waals surface area contributed by atoms with Gasteiger partial charge in [0, 0.05) is 43.9 Å². The number of nitrogens with one attached hydrogen (secondary N) is 1. The van der Waals surface area contributed by atoms with E-state index in [1.807, 2.05) is 18.2 Å². The largest absolute Gasteiger partial charge is 0.493 e. The standard InChI is InChI=1S/C23H30N2O5/c1-16-14-25(15-21(30-16)17-8-6-5-7-9-17)11-10-22(26)24-18-12-19(27-2)23(29-4)20(13-18)28-3/h5-9,12-13,16,21H,10-11,14-15H2,1-4H3,(H,24,26). The van der Waals surface area contributed by atoms with Crippen molar-refractivity contribution in [3.63, 3.8) is 0 Å². The molecular weight excluding hydrogens is 384 g/mol. The van der Waals surface area contributed by atoms with Crippen LogP contribution >= 0.6 is 0 Å². The summed E-state index contributed by atoms with van der Waals surface area (Å²) >= 11 is 0. The molecule has 162 valence electrons. The number of nitrogens with zero attached hydrogens (tertiary/aromatic N) is 1. The van der Waals surface area contributed by atoms with Crippen LogP contribution in [0.25, 0.3) is 0 Å². The molecule has 0 spiro atoms. The highest BCUT2D eigenvalue weighted by Crippen LogP contribution is 2.40. The fourth-order valence-electron chi connectivity index (χ4n) is 3.71. The van der Waals surface area contributed by atoms with Gasteiger partial charge < -0.3 is 24.3 Å². The Labute approximate surface area is 177 Å². The normalized spacial score (nSPS) is 19.2. The van der Waals surface area contributed by atoms with Crippen LogP contribution in [-0.2, 0) is 9.53 Å². The van der Waals surface area contributed by atoms with E-state index < -0.39 is 0 Å². The fraction of sp³-hybridized carbons (Fsp3) is 0.435. The zero-order valence-electron chi connectivity index (χ0n) is 18.0. The van der Waals surface area contributed by atoms with Gasteiger partial charge in [0.25, 0.3) is 0 Å². The highest BCUT2D eigenvalue weighted by Gasteiger charge is 2.26. The number of carbonyl (C=O) groups is 1. The van der Waals surface area contributed by atoms with Crippen molar-refractivity contribution in [1.29, 1.82) is 0 Å². The minimum atomic E-state index is -0.0697. The molecule has 0 radical (unpaired) electrons. The van der Waals surface area contributed by atoms with Crippen LogP contribution in [0.2, 0.25) is 0 Å².